The second-order valence-corrected chi connectivity index (χ2v) is 6.42. The van der Waals surface area contributed by atoms with Crippen molar-refractivity contribution < 1.29 is 9.53 Å². The molecule has 0 fully saturated rings. The van der Waals surface area contributed by atoms with Crippen LogP contribution in [-0.2, 0) is 11.8 Å². The number of hydrogen-bond donors (Lipinski definition) is 1. The first-order chi connectivity index (χ1) is 12.6. The van der Waals surface area contributed by atoms with Crippen LogP contribution in [0.4, 0.5) is 0 Å². The third-order valence-corrected chi connectivity index (χ3v) is 4.82. The minimum Gasteiger partial charge on any atom is -0.492 e. The van der Waals surface area contributed by atoms with E-state index in [0.717, 1.165) is 22.7 Å². The van der Waals surface area contributed by atoms with Crippen molar-refractivity contribution in [3.63, 3.8) is 0 Å². The van der Waals surface area contributed by atoms with Gasteiger partial charge in [-0.25, -0.2) is 0 Å². The number of rotatable bonds is 4. The third-order valence-electron chi connectivity index (χ3n) is 4.82. The maximum Gasteiger partial charge on any atom is 0.232 e. The summed E-state index contributed by atoms with van der Waals surface area (Å²) in [6.07, 6.45) is 0. The zero-order valence-corrected chi connectivity index (χ0v) is 14.7. The van der Waals surface area contributed by atoms with Crippen molar-refractivity contribution in [2.75, 3.05) is 6.61 Å². The van der Waals surface area contributed by atoms with Gasteiger partial charge in [-0.3, -0.25) is 4.79 Å². The number of nitrogens with one attached hydrogen (secondary N) is 1. The van der Waals surface area contributed by atoms with E-state index >= 15 is 0 Å². The van der Waals surface area contributed by atoms with E-state index in [1.54, 1.807) is 0 Å². The maximum atomic E-state index is 13.0. The van der Waals surface area contributed by atoms with Crippen LogP contribution in [0.1, 0.15) is 34.7 Å². The number of nitrogens with zero attached hydrogens (tertiary/aromatic N) is 3. The molecule has 1 aliphatic heterocycles. The van der Waals surface area contributed by atoms with Gasteiger partial charge < -0.3 is 14.6 Å². The molecule has 3 aromatic rings. The molecule has 2 aromatic carbocycles. The molecule has 1 aliphatic rings. The normalized spacial score (nSPS) is 16.6. The number of aromatic nitrogens is 3. The third kappa shape index (κ3) is 2.83. The van der Waals surface area contributed by atoms with Gasteiger partial charge in [0.1, 0.15) is 30.1 Å². The first kappa shape index (κ1) is 16.3. The molecule has 2 atom stereocenters. The number of para-hydroxylation sites is 1. The lowest BCUT2D eigenvalue weighted by atomic mass is 9.99. The van der Waals surface area contributed by atoms with E-state index in [9.17, 15) is 4.79 Å². The number of hydrogen-bond acceptors (Lipinski definition) is 4. The van der Waals surface area contributed by atoms with E-state index in [4.69, 9.17) is 4.74 Å². The summed E-state index contributed by atoms with van der Waals surface area (Å²) in [7, 11) is 1.90. The second-order valence-electron chi connectivity index (χ2n) is 6.42. The fraction of sp³-hybridized carbons (Fsp3) is 0.250. The summed E-state index contributed by atoms with van der Waals surface area (Å²) in [4.78, 5) is 13.0. The number of fused-ring (bicyclic) bond motifs is 1. The average molecular weight is 348 g/mol. The highest BCUT2D eigenvalue weighted by Crippen LogP contribution is 2.34. The smallest absolute Gasteiger partial charge is 0.232 e. The Kier molecular flexibility index (Phi) is 4.16. The van der Waals surface area contributed by atoms with Gasteiger partial charge in [-0.1, -0.05) is 48.5 Å². The summed E-state index contributed by atoms with van der Waals surface area (Å²) in [5.74, 6) is 1.87. The Labute approximate surface area is 151 Å². The van der Waals surface area contributed by atoms with Crippen LogP contribution in [0.15, 0.2) is 54.6 Å². The van der Waals surface area contributed by atoms with Crippen molar-refractivity contribution in [2.45, 2.75) is 18.9 Å². The lowest BCUT2D eigenvalue weighted by Gasteiger charge is -2.20. The predicted octanol–water partition coefficient (Wildman–Crippen LogP) is 2.51. The lowest BCUT2D eigenvalue weighted by molar-refractivity contribution is -0.123. The molecule has 0 bridgehead atoms. The van der Waals surface area contributed by atoms with Gasteiger partial charge >= 0.3 is 0 Å². The van der Waals surface area contributed by atoms with Gasteiger partial charge in [-0.05, 0) is 18.6 Å². The highest BCUT2D eigenvalue weighted by Gasteiger charge is 2.32. The molecule has 2 heterocycles. The molecule has 26 heavy (non-hydrogen) atoms. The molecule has 6 nitrogen and oxygen atoms in total. The molecule has 6 heteroatoms. The van der Waals surface area contributed by atoms with Crippen LogP contribution >= 0.6 is 0 Å². The minimum atomic E-state index is -0.373. The van der Waals surface area contributed by atoms with E-state index in [1.807, 2.05) is 73.1 Å². The fourth-order valence-electron chi connectivity index (χ4n) is 3.24. The molecule has 0 saturated carbocycles. The molecular formula is C20H20N4O2. The monoisotopic (exact) mass is 348 g/mol. The maximum absolute atomic E-state index is 13.0. The van der Waals surface area contributed by atoms with Crippen molar-refractivity contribution in [2.24, 2.45) is 7.05 Å². The summed E-state index contributed by atoms with van der Waals surface area (Å²) in [5.41, 5.74) is 1.88. The molecule has 0 aliphatic carbocycles. The summed E-state index contributed by atoms with van der Waals surface area (Å²) in [6.45, 7) is 2.24. The van der Waals surface area contributed by atoms with Crippen molar-refractivity contribution in [3.05, 3.63) is 77.4 Å². The molecular weight excluding hydrogens is 328 g/mol. The van der Waals surface area contributed by atoms with E-state index in [-0.39, 0.29) is 17.9 Å². The van der Waals surface area contributed by atoms with Crippen molar-refractivity contribution in [1.29, 1.82) is 0 Å². The Morgan fingerprint density at radius 1 is 1.15 bits per heavy atom. The lowest BCUT2D eigenvalue weighted by Crippen LogP contribution is -2.35. The molecule has 4 rings (SSSR count). The van der Waals surface area contributed by atoms with Crippen LogP contribution in [0.5, 0.6) is 5.75 Å². The van der Waals surface area contributed by atoms with Gasteiger partial charge in [0.05, 0.1) is 0 Å². The van der Waals surface area contributed by atoms with Gasteiger partial charge in [0, 0.05) is 12.6 Å². The van der Waals surface area contributed by atoms with Crippen LogP contribution in [-0.4, -0.2) is 27.3 Å². The van der Waals surface area contributed by atoms with E-state index in [1.165, 1.54) is 0 Å². The second kappa shape index (κ2) is 6.63. The van der Waals surface area contributed by atoms with Gasteiger partial charge in [0.25, 0.3) is 0 Å². The zero-order valence-electron chi connectivity index (χ0n) is 14.7. The standard InChI is InChI=1S/C20H20N4O2/c1-13-22-23-19(24(13)2)18(14-8-4-3-5-9-14)21-20(25)16-12-26-17-11-7-6-10-15(16)17/h3-11,16,18H,12H2,1-2H3,(H,21,25). The molecule has 1 N–H and O–H groups in total. The van der Waals surface area contributed by atoms with Gasteiger partial charge in [-0.2, -0.15) is 0 Å². The Morgan fingerprint density at radius 2 is 1.88 bits per heavy atom. The molecule has 1 amide bonds. The highest BCUT2D eigenvalue weighted by atomic mass is 16.5. The average Bonchev–Trinajstić information content (AvgIpc) is 3.25. The Morgan fingerprint density at radius 3 is 2.62 bits per heavy atom. The topological polar surface area (TPSA) is 69.0 Å². The number of carbonyl (C=O) groups excluding carboxylic acids is 1. The summed E-state index contributed by atoms with van der Waals surface area (Å²) in [5, 5.41) is 11.6. The van der Waals surface area contributed by atoms with Gasteiger partial charge in [0.2, 0.25) is 5.91 Å². The first-order valence-corrected chi connectivity index (χ1v) is 8.58. The zero-order chi connectivity index (χ0) is 18.1. The first-order valence-electron chi connectivity index (χ1n) is 8.58. The van der Waals surface area contributed by atoms with Crippen LogP contribution in [0, 0.1) is 6.92 Å². The molecule has 0 radical (unpaired) electrons. The number of ether oxygens (including phenoxy) is 1. The molecule has 132 valence electrons. The van der Waals surface area contributed by atoms with Crippen molar-refractivity contribution in [1.82, 2.24) is 20.1 Å². The van der Waals surface area contributed by atoms with E-state index < -0.39 is 0 Å². The number of benzene rings is 2. The summed E-state index contributed by atoms with van der Waals surface area (Å²) < 4.78 is 7.56. The molecule has 1 aromatic heterocycles. The number of amides is 1. The van der Waals surface area contributed by atoms with Crippen molar-refractivity contribution in [3.8, 4) is 5.75 Å². The summed E-state index contributed by atoms with van der Waals surface area (Å²) in [6, 6.07) is 17.1. The fourth-order valence-corrected chi connectivity index (χ4v) is 3.24. The van der Waals surface area contributed by atoms with E-state index in [2.05, 4.69) is 15.5 Å². The Bertz CT molecular complexity index is 936. The van der Waals surface area contributed by atoms with Gasteiger partial charge in [0.15, 0.2) is 5.82 Å². The minimum absolute atomic E-state index is 0.0792. The van der Waals surface area contributed by atoms with Crippen LogP contribution in [0.25, 0.3) is 0 Å². The molecule has 0 saturated heterocycles. The van der Waals surface area contributed by atoms with Crippen LogP contribution in [0.2, 0.25) is 0 Å². The summed E-state index contributed by atoms with van der Waals surface area (Å²) >= 11 is 0. The van der Waals surface area contributed by atoms with Crippen LogP contribution in [0.3, 0.4) is 0 Å². The highest BCUT2D eigenvalue weighted by molar-refractivity contribution is 5.86. The van der Waals surface area contributed by atoms with E-state index in [0.29, 0.717) is 12.4 Å². The Balaban J connectivity index is 1.66. The largest absolute Gasteiger partial charge is 0.492 e. The number of aryl methyl sites for hydroxylation is 1. The quantitative estimate of drug-likeness (QED) is 0.787. The SMILES string of the molecule is Cc1nnc(C(NC(=O)C2COc3ccccc32)c2ccccc2)n1C. The molecule has 2 unspecified atom stereocenters. The van der Waals surface area contributed by atoms with Gasteiger partial charge in [-0.15, -0.1) is 10.2 Å². The Hall–Kier alpha value is -3.15. The molecule has 0 spiro atoms. The number of carbonyl (C=O) groups is 1. The predicted molar refractivity (Wildman–Crippen MR) is 96.8 cm³/mol. The van der Waals surface area contributed by atoms with Crippen molar-refractivity contribution >= 4 is 5.91 Å². The van der Waals surface area contributed by atoms with Crippen LogP contribution < -0.4 is 10.1 Å².